The third kappa shape index (κ3) is 3.35. The number of rotatable bonds is 3. The first kappa shape index (κ1) is 18.1. The molecule has 0 aliphatic heterocycles. The van der Waals surface area contributed by atoms with Crippen LogP contribution in [0.2, 0.25) is 5.02 Å². The number of benzene rings is 3. The van der Waals surface area contributed by atoms with Crippen molar-refractivity contribution >= 4 is 38.6 Å². The first-order valence-corrected chi connectivity index (χ1v) is 10.3. The number of aromatic nitrogens is 3. The van der Waals surface area contributed by atoms with Crippen molar-refractivity contribution in [3.63, 3.8) is 0 Å². The zero-order valence-corrected chi connectivity index (χ0v) is 17.6. The van der Waals surface area contributed by atoms with Crippen LogP contribution in [-0.4, -0.2) is 14.8 Å². The lowest BCUT2D eigenvalue weighted by atomic mass is 10.00. The summed E-state index contributed by atoms with van der Waals surface area (Å²) in [5, 5.41) is 6.68. The molecule has 0 amide bonds. The molecule has 5 rings (SSSR count). The lowest BCUT2D eigenvalue weighted by Crippen LogP contribution is -1.97. The van der Waals surface area contributed by atoms with Gasteiger partial charge in [0.15, 0.2) is 5.65 Å². The van der Waals surface area contributed by atoms with E-state index in [1.165, 1.54) is 0 Å². The lowest BCUT2D eigenvalue weighted by molar-refractivity contribution is 0.901. The number of pyridine rings is 1. The van der Waals surface area contributed by atoms with E-state index in [9.17, 15) is 0 Å². The molecule has 0 bridgehead atoms. The summed E-state index contributed by atoms with van der Waals surface area (Å²) in [5.41, 5.74) is 5.88. The Labute approximate surface area is 181 Å². The average molecular weight is 461 g/mol. The molecule has 140 valence electrons. The smallest absolute Gasteiger partial charge is 0.164 e. The number of hydrogen-bond acceptors (Lipinski definition) is 2. The highest BCUT2D eigenvalue weighted by molar-refractivity contribution is 9.10. The van der Waals surface area contributed by atoms with Crippen LogP contribution in [0.25, 0.3) is 39.1 Å². The molecule has 0 aliphatic rings. The Balaban J connectivity index is 1.84. The van der Waals surface area contributed by atoms with Crippen LogP contribution in [0.1, 0.15) is 0 Å². The predicted octanol–water partition coefficient (Wildman–Crippen LogP) is 7.17. The summed E-state index contributed by atoms with van der Waals surface area (Å²) in [6.07, 6.45) is 1.84. The van der Waals surface area contributed by atoms with Gasteiger partial charge >= 0.3 is 0 Å². The second kappa shape index (κ2) is 7.47. The van der Waals surface area contributed by atoms with E-state index in [-0.39, 0.29) is 0 Å². The van der Waals surface area contributed by atoms with Crippen LogP contribution in [-0.2, 0) is 0 Å². The molecule has 0 saturated carbocycles. The summed E-state index contributed by atoms with van der Waals surface area (Å²) in [4.78, 5) is 4.69. The van der Waals surface area contributed by atoms with Crippen LogP contribution in [0, 0.1) is 0 Å². The van der Waals surface area contributed by atoms with Crippen molar-refractivity contribution in [1.82, 2.24) is 14.8 Å². The van der Waals surface area contributed by atoms with Crippen molar-refractivity contribution in [2.24, 2.45) is 0 Å². The van der Waals surface area contributed by atoms with E-state index in [0.717, 1.165) is 43.6 Å². The summed E-state index contributed by atoms with van der Waals surface area (Å²) in [6, 6.07) is 28.2. The maximum Gasteiger partial charge on any atom is 0.164 e. The average Bonchev–Trinajstić information content (AvgIpc) is 3.15. The summed E-state index contributed by atoms with van der Waals surface area (Å²) in [6.45, 7) is 0. The molecule has 0 saturated heterocycles. The zero-order chi connectivity index (χ0) is 19.8. The molecule has 0 N–H and O–H groups in total. The standard InChI is InChI=1S/C24H15BrClN3/c25-18-10-6-16(7-11-18)21-14-15-27-24-22(21)23(17-8-12-19(26)13-9-17)28-29(24)20-4-2-1-3-5-20/h1-15H. The van der Waals surface area contributed by atoms with E-state index in [4.69, 9.17) is 21.7 Å². The Morgan fingerprint density at radius 3 is 2.17 bits per heavy atom. The van der Waals surface area contributed by atoms with Crippen LogP contribution in [0.5, 0.6) is 0 Å². The number of fused-ring (bicyclic) bond motifs is 1. The molecule has 29 heavy (non-hydrogen) atoms. The van der Waals surface area contributed by atoms with Gasteiger partial charge in [-0.05, 0) is 53.6 Å². The zero-order valence-electron chi connectivity index (χ0n) is 15.3. The fourth-order valence-electron chi connectivity index (χ4n) is 3.47. The molecule has 0 aliphatic carbocycles. The van der Waals surface area contributed by atoms with Gasteiger partial charge in [0.25, 0.3) is 0 Å². The highest BCUT2D eigenvalue weighted by atomic mass is 79.9. The molecule has 5 heteroatoms. The number of halogens is 2. The van der Waals surface area contributed by atoms with Gasteiger partial charge in [-0.25, -0.2) is 9.67 Å². The third-order valence-corrected chi connectivity index (χ3v) is 5.62. The summed E-state index contributed by atoms with van der Waals surface area (Å²) < 4.78 is 2.95. The number of nitrogens with zero attached hydrogens (tertiary/aromatic N) is 3. The third-order valence-electron chi connectivity index (χ3n) is 4.84. The number of para-hydroxylation sites is 1. The quantitative estimate of drug-likeness (QED) is 0.286. The van der Waals surface area contributed by atoms with Gasteiger partial charge < -0.3 is 0 Å². The normalized spacial score (nSPS) is 11.1. The predicted molar refractivity (Wildman–Crippen MR) is 122 cm³/mol. The second-order valence-corrected chi connectivity index (χ2v) is 8.02. The molecule has 0 spiro atoms. The van der Waals surface area contributed by atoms with Crippen molar-refractivity contribution < 1.29 is 0 Å². The van der Waals surface area contributed by atoms with Crippen molar-refractivity contribution in [3.05, 3.63) is 101 Å². The maximum absolute atomic E-state index is 6.12. The first-order valence-electron chi connectivity index (χ1n) is 9.16. The van der Waals surface area contributed by atoms with Crippen LogP contribution in [0.4, 0.5) is 0 Å². The van der Waals surface area contributed by atoms with Gasteiger partial charge in [-0.3, -0.25) is 0 Å². The van der Waals surface area contributed by atoms with Crippen molar-refractivity contribution in [3.8, 4) is 28.1 Å². The molecule has 2 heterocycles. The van der Waals surface area contributed by atoms with Gasteiger partial charge in [-0.15, -0.1) is 0 Å². The Bertz CT molecular complexity index is 1290. The first-order chi connectivity index (χ1) is 14.2. The van der Waals surface area contributed by atoms with Gasteiger partial charge in [0.2, 0.25) is 0 Å². The summed E-state index contributed by atoms with van der Waals surface area (Å²) in [7, 11) is 0. The van der Waals surface area contributed by atoms with E-state index in [2.05, 4.69) is 28.1 Å². The largest absolute Gasteiger partial charge is 0.236 e. The van der Waals surface area contributed by atoms with E-state index in [1.807, 2.05) is 83.7 Å². The monoisotopic (exact) mass is 459 g/mol. The molecule has 3 nitrogen and oxygen atoms in total. The van der Waals surface area contributed by atoms with E-state index >= 15 is 0 Å². The minimum atomic E-state index is 0.701. The Kier molecular flexibility index (Phi) is 4.66. The van der Waals surface area contributed by atoms with Gasteiger partial charge in [-0.2, -0.15) is 5.10 Å². The number of hydrogen-bond donors (Lipinski definition) is 0. The maximum atomic E-state index is 6.12. The molecule has 2 aromatic heterocycles. The molecule has 0 unspecified atom stereocenters. The Morgan fingerprint density at radius 2 is 1.45 bits per heavy atom. The van der Waals surface area contributed by atoms with E-state index in [0.29, 0.717) is 5.02 Å². The summed E-state index contributed by atoms with van der Waals surface area (Å²) in [5.74, 6) is 0. The molecular formula is C24H15BrClN3. The highest BCUT2D eigenvalue weighted by Gasteiger charge is 2.18. The summed E-state index contributed by atoms with van der Waals surface area (Å²) >= 11 is 9.64. The fraction of sp³-hybridized carbons (Fsp3) is 0. The van der Waals surface area contributed by atoms with Crippen molar-refractivity contribution in [2.75, 3.05) is 0 Å². The molecule has 3 aromatic carbocycles. The van der Waals surface area contributed by atoms with Crippen LogP contribution in [0.3, 0.4) is 0 Å². The molecule has 0 fully saturated rings. The van der Waals surface area contributed by atoms with Crippen LogP contribution >= 0.6 is 27.5 Å². The minimum Gasteiger partial charge on any atom is -0.236 e. The molecular weight excluding hydrogens is 446 g/mol. The van der Waals surface area contributed by atoms with Crippen LogP contribution < -0.4 is 0 Å². The highest BCUT2D eigenvalue weighted by Crippen LogP contribution is 2.36. The van der Waals surface area contributed by atoms with Crippen molar-refractivity contribution in [1.29, 1.82) is 0 Å². The van der Waals surface area contributed by atoms with E-state index in [1.54, 1.807) is 0 Å². The van der Waals surface area contributed by atoms with Gasteiger partial charge in [0.05, 0.1) is 11.1 Å². The fourth-order valence-corrected chi connectivity index (χ4v) is 3.86. The Morgan fingerprint density at radius 1 is 0.759 bits per heavy atom. The SMILES string of the molecule is Clc1ccc(-c2nn(-c3ccccc3)c3nccc(-c4ccc(Br)cc4)c23)cc1. The van der Waals surface area contributed by atoms with Crippen molar-refractivity contribution in [2.45, 2.75) is 0 Å². The topological polar surface area (TPSA) is 30.7 Å². The van der Waals surface area contributed by atoms with Gasteiger partial charge in [0.1, 0.15) is 5.69 Å². The molecule has 0 radical (unpaired) electrons. The van der Waals surface area contributed by atoms with E-state index < -0.39 is 0 Å². The lowest BCUT2D eigenvalue weighted by Gasteiger charge is -2.06. The molecule has 0 atom stereocenters. The van der Waals surface area contributed by atoms with Gasteiger partial charge in [0, 0.05) is 21.3 Å². The second-order valence-electron chi connectivity index (χ2n) is 6.67. The van der Waals surface area contributed by atoms with Gasteiger partial charge in [-0.1, -0.05) is 70.0 Å². The Hall–Kier alpha value is -2.95. The molecule has 5 aromatic rings. The van der Waals surface area contributed by atoms with Crippen LogP contribution in [0.15, 0.2) is 95.6 Å². The minimum absolute atomic E-state index is 0.701.